The first-order valence-electron chi connectivity index (χ1n) is 14.2. The molecule has 0 aromatic heterocycles. The molecule has 1 unspecified atom stereocenters. The van der Waals surface area contributed by atoms with Crippen LogP contribution in [-0.2, 0) is 16.1 Å². The Bertz CT molecular complexity index is 1070. The fourth-order valence-electron chi connectivity index (χ4n) is 6.92. The molecule has 1 aromatic carbocycles. The Labute approximate surface area is 219 Å². The van der Waals surface area contributed by atoms with E-state index < -0.39 is 6.04 Å². The molecule has 37 heavy (non-hydrogen) atoms. The largest absolute Gasteiger partial charge is 0.489 e. The number of carbonyl (C=O) groups is 3. The third-order valence-corrected chi connectivity index (χ3v) is 9.48. The van der Waals surface area contributed by atoms with Crippen molar-refractivity contribution in [3.8, 4) is 5.75 Å². The summed E-state index contributed by atoms with van der Waals surface area (Å²) in [5.41, 5.74) is 2.02. The number of likely N-dealkylation sites (tertiary alicyclic amines) is 2. The summed E-state index contributed by atoms with van der Waals surface area (Å²) in [5, 5.41) is 2.37. The number of nitrogens with zero attached hydrogens (tertiary/aromatic N) is 3. The number of amides is 3. The van der Waals surface area contributed by atoms with Crippen molar-refractivity contribution in [2.45, 2.75) is 96.0 Å². The van der Waals surface area contributed by atoms with Crippen LogP contribution < -0.4 is 10.1 Å². The summed E-state index contributed by atoms with van der Waals surface area (Å²) < 4.78 is 6.60. The van der Waals surface area contributed by atoms with E-state index in [-0.39, 0.29) is 30.2 Å². The van der Waals surface area contributed by atoms with Crippen LogP contribution in [0, 0.1) is 5.41 Å². The zero-order valence-electron chi connectivity index (χ0n) is 22.2. The quantitative estimate of drug-likeness (QED) is 0.616. The van der Waals surface area contributed by atoms with Crippen molar-refractivity contribution < 1.29 is 19.1 Å². The summed E-state index contributed by atoms with van der Waals surface area (Å²) in [6.07, 6.45) is 8.07. The molecule has 1 N–H and O–H groups in total. The number of imide groups is 1. The third kappa shape index (κ3) is 4.90. The van der Waals surface area contributed by atoms with E-state index in [0.29, 0.717) is 36.0 Å². The van der Waals surface area contributed by atoms with Gasteiger partial charge in [-0.2, -0.15) is 0 Å². The average Bonchev–Trinajstić information content (AvgIpc) is 3.15. The van der Waals surface area contributed by atoms with E-state index in [4.69, 9.17) is 4.74 Å². The number of ether oxygens (including phenoxy) is 1. The second-order valence-electron chi connectivity index (χ2n) is 12.5. The van der Waals surface area contributed by atoms with E-state index in [0.717, 1.165) is 30.8 Å². The summed E-state index contributed by atoms with van der Waals surface area (Å²) in [6, 6.07) is 6.28. The predicted octanol–water partition coefficient (Wildman–Crippen LogP) is 2.94. The fourth-order valence-corrected chi connectivity index (χ4v) is 6.92. The van der Waals surface area contributed by atoms with Gasteiger partial charge in [-0.1, -0.05) is 20.3 Å². The van der Waals surface area contributed by atoms with Gasteiger partial charge < -0.3 is 9.64 Å². The highest BCUT2D eigenvalue weighted by Gasteiger charge is 2.43. The van der Waals surface area contributed by atoms with Gasteiger partial charge in [0.15, 0.2) is 0 Å². The van der Waals surface area contributed by atoms with Crippen LogP contribution in [-0.4, -0.2) is 82.8 Å². The second kappa shape index (κ2) is 9.70. The van der Waals surface area contributed by atoms with Crippen LogP contribution in [0.2, 0.25) is 0 Å². The van der Waals surface area contributed by atoms with E-state index in [2.05, 4.69) is 29.0 Å². The molecule has 8 nitrogen and oxygen atoms in total. The van der Waals surface area contributed by atoms with Crippen LogP contribution in [0.25, 0.3) is 0 Å². The molecule has 4 aliphatic heterocycles. The number of carbonyl (C=O) groups excluding carboxylic acids is 3. The summed E-state index contributed by atoms with van der Waals surface area (Å²) in [6.45, 7) is 9.90. The Morgan fingerprint density at radius 3 is 2.49 bits per heavy atom. The number of benzene rings is 1. The number of piperidine rings is 2. The molecule has 1 aromatic rings. The monoisotopic (exact) mass is 508 g/mol. The van der Waals surface area contributed by atoms with Gasteiger partial charge in [0, 0.05) is 43.7 Å². The summed E-state index contributed by atoms with van der Waals surface area (Å²) in [5.74, 6) is 0.0276. The van der Waals surface area contributed by atoms with E-state index in [9.17, 15) is 14.4 Å². The summed E-state index contributed by atoms with van der Waals surface area (Å²) in [7, 11) is 0. The van der Waals surface area contributed by atoms with E-state index in [1.807, 2.05) is 18.2 Å². The molecule has 1 aliphatic carbocycles. The third-order valence-electron chi connectivity index (χ3n) is 9.48. The summed E-state index contributed by atoms with van der Waals surface area (Å²) in [4.78, 5) is 43.8. The van der Waals surface area contributed by atoms with Crippen LogP contribution in [0.1, 0.15) is 81.1 Å². The van der Waals surface area contributed by atoms with Gasteiger partial charge in [0.25, 0.3) is 5.91 Å². The first kappa shape index (κ1) is 24.9. The highest BCUT2D eigenvalue weighted by atomic mass is 16.5. The molecule has 4 fully saturated rings. The molecule has 3 saturated heterocycles. The van der Waals surface area contributed by atoms with Crippen molar-refractivity contribution in [2.75, 3.05) is 26.2 Å². The van der Waals surface area contributed by atoms with Gasteiger partial charge in [-0.3, -0.25) is 29.5 Å². The molecule has 6 rings (SSSR count). The van der Waals surface area contributed by atoms with Gasteiger partial charge in [-0.15, -0.1) is 0 Å². The molecule has 8 heteroatoms. The lowest BCUT2D eigenvalue weighted by atomic mass is 9.81. The molecular formula is C29H40N4O4. The Kier molecular flexibility index (Phi) is 6.51. The zero-order chi connectivity index (χ0) is 25.7. The first-order valence-corrected chi connectivity index (χ1v) is 14.2. The molecule has 1 saturated carbocycles. The Morgan fingerprint density at radius 1 is 0.973 bits per heavy atom. The highest BCUT2D eigenvalue weighted by molar-refractivity contribution is 6.05. The van der Waals surface area contributed by atoms with Crippen molar-refractivity contribution >= 4 is 17.7 Å². The normalized spacial score (nSPS) is 31.1. The van der Waals surface area contributed by atoms with Crippen LogP contribution >= 0.6 is 0 Å². The standard InChI is InChI=1S/C29H40N4O4/c1-29(2)11-13-31(14-12-29)20-17-32(18-20)23-5-3-4-6-25(23)37-21-7-8-22-19(15-21)16-33(28(22)36)24-9-10-26(34)30-27(24)35/h7-8,15,20,23-25H,3-6,9-14,16-18H2,1-2H3,(H,30,34,35)/t23-,24?,25-/m1/s1. The number of hydrogen-bond donors (Lipinski definition) is 1. The predicted molar refractivity (Wildman–Crippen MR) is 139 cm³/mol. The van der Waals surface area contributed by atoms with Crippen LogP contribution in [0.3, 0.4) is 0 Å². The van der Waals surface area contributed by atoms with Gasteiger partial charge in [0.2, 0.25) is 11.8 Å². The van der Waals surface area contributed by atoms with Crippen LogP contribution in [0.5, 0.6) is 5.75 Å². The molecule has 200 valence electrons. The summed E-state index contributed by atoms with van der Waals surface area (Å²) >= 11 is 0. The molecule has 0 spiro atoms. The maximum atomic E-state index is 13.0. The number of hydrogen-bond acceptors (Lipinski definition) is 6. The van der Waals surface area contributed by atoms with Crippen molar-refractivity contribution in [2.24, 2.45) is 5.41 Å². The lowest BCUT2D eigenvalue weighted by Crippen LogP contribution is -2.66. The van der Waals surface area contributed by atoms with Gasteiger partial charge in [0.05, 0.1) is 0 Å². The van der Waals surface area contributed by atoms with Crippen LogP contribution in [0.4, 0.5) is 0 Å². The molecule has 4 heterocycles. The molecule has 0 radical (unpaired) electrons. The van der Waals surface area contributed by atoms with E-state index in [1.54, 1.807) is 4.90 Å². The molecule has 5 aliphatic rings. The van der Waals surface area contributed by atoms with Gasteiger partial charge in [-0.05, 0) is 80.8 Å². The van der Waals surface area contributed by atoms with E-state index in [1.165, 1.54) is 45.2 Å². The highest BCUT2D eigenvalue weighted by Crippen LogP contribution is 2.36. The first-order chi connectivity index (χ1) is 17.8. The zero-order valence-corrected chi connectivity index (χ0v) is 22.2. The van der Waals surface area contributed by atoms with Crippen molar-refractivity contribution in [3.05, 3.63) is 29.3 Å². The molecule has 3 atom stereocenters. The van der Waals surface area contributed by atoms with Crippen molar-refractivity contribution in [1.82, 2.24) is 20.0 Å². The lowest BCUT2D eigenvalue weighted by molar-refractivity contribution is -0.136. The Hall–Kier alpha value is -2.45. The number of nitrogens with one attached hydrogen (secondary N) is 1. The van der Waals surface area contributed by atoms with Gasteiger partial charge >= 0.3 is 0 Å². The lowest BCUT2D eigenvalue weighted by Gasteiger charge is -2.53. The minimum Gasteiger partial charge on any atom is -0.489 e. The Balaban J connectivity index is 1.08. The molecular weight excluding hydrogens is 468 g/mol. The van der Waals surface area contributed by atoms with E-state index >= 15 is 0 Å². The number of fused-ring (bicyclic) bond motifs is 1. The van der Waals surface area contributed by atoms with Crippen LogP contribution in [0.15, 0.2) is 18.2 Å². The second-order valence-corrected chi connectivity index (χ2v) is 12.5. The molecule has 0 bridgehead atoms. The fraction of sp³-hybridized carbons (Fsp3) is 0.690. The van der Waals surface area contributed by atoms with Gasteiger partial charge in [-0.25, -0.2) is 0 Å². The molecule has 3 amide bonds. The maximum Gasteiger partial charge on any atom is 0.255 e. The minimum atomic E-state index is -0.588. The van der Waals surface area contributed by atoms with Gasteiger partial charge in [0.1, 0.15) is 17.9 Å². The topological polar surface area (TPSA) is 82.2 Å². The average molecular weight is 509 g/mol. The van der Waals surface area contributed by atoms with Crippen molar-refractivity contribution in [1.29, 1.82) is 0 Å². The smallest absolute Gasteiger partial charge is 0.255 e. The number of rotatable bonds is 5. The Morgan fingerprint density at radius 2 is 1.73 bits per heavy atom. The maximum absolute atomic E-state index is 13.0. The van der Waals surface area contributed by atoms with Crippen molar-refractivity contribution in [3.63, 3.8) is 0 Å². The minimum absolute atomic E-state index is 0.140. The SMILES string of the molecule is CC1(C)CCN(C2CN([C@@H]3CCCC[C@H]3Oc3ccc4c(c3)CN(C3CCC(=O)NC3=O)C4=O)C2)CC1.